The van der Waals surface area contributed by atoms with Gasteiger partial charge in [0.1, 0.15) is 5.75 Å². The number of rotatable bonds is 16. The number of benzene rings is 3. The predicted molar refractivity (Wildman–Crippen MR) is 170 cm³/mol. The number of aryl methyl sites for hydroxylation is 2. The highest BCUT2D eigenvalue weighted by molar-refractivity contribution is 5.84. The van der Waals surface area contributed by atoms with Crippen LogP contribution in [-0.4, -0.2) is 7.11 Å². The summed E-state index contributed by atoms with van der Waals surface area (Å²) in [4.78, 5) is 0. The van der Waals surface area contributed by atoms with Crippen molar-refractivity contribution in [3.8, 4) is 28.0 Å². The summed E-state index contributed by atoms with van der Waals surface area (Å²) in [5, 5.41) is 0. The van der Waals surface area contributed by atoms with E-state index >= 15 is 0 Å². The normalized spacial score (nSPS) is 13.4. The zero-order valence-corrected chi connectivity index (χ0v) is 25.5. The molecule has 3 aromatic carbocycles. The van der Waals surface area contributed by atoms with Crippen molar-refractivity contribution in [2.24, 2.45) is 0 Å². The molecule has 4 rings (SSSR count). The van der Waals surface area contributed by atoms with Gasteiger partial charge < -0.3 is 4.74 Å². The molecule has 39 heavy (non-hydrogen) atoms. The van der Waals surface area contributed by atoms with E-state index in [9.17, 15) is 0 Å². The first-order valence-corrected chi connectivity index (χ1v) is 16.0. The van der Waals surface area contributed by atoms with Crippen molar-refractivity contribution in [3.05, 3.63) is 76.9 Å². The van der Waals surface area contributed by atoms with Crippen LogP contribution in [-0.2, 0) is 5.41 Å². The molecule has 1 nitrogen and oxygen atoms in total. The lowest BCUT2D eigenvalue weighted by Gasteiger charge is -2.33. The molecule has 0 amide bonds. The van der Waals surface area contributed by atoms with Crippen molar-refractivity contribution in [1.29, 1.82) is 0 Å². The fourth-order valence-corrected chi connectivity index (χ4v) is 7.02. The van der Waals surface area contributed by atoms with Gasteiger partial charge in [-0.3, -0.25) is 0 Å². The molecule has 0 heterocycles. The van der Waals surface area contributed by atoms with Gasteiger partial charge in [0.15, 0.2) is 0 Å². The molecule has 0 N–H and O–H groups in total. The van der Waals surface area contributed by atoms with Crippen molar-refractivity contribution < 1.29 is 4.74 Å². The van der Waals surface area contributed by atoms with Crippen molar-refractivity contribution in [3.63, 3.8) is 0 Å². The molecule has 0 fully saturated rings. The summed E-state index contributed by atoms with van der Waals surface area (Å²) in [5.74, 6) is 0.977. The smallest absolute Gasteiger partial charge is 0.122 e. The molecule has 1 aliphatic rings. The maximum atomic E-state index is 5.62. The summed E-state index contributed by atoms with van der Waals surface area (Å²) >= 11 is 0. The fourth-order valence-electron chi connectivity index (χ4n) is 7.02. The minimum Gasteiger partial charge on any atom is -0.496 e. The average molecular weight is 525 g/mol. The molecule has 0 aliphatic heterocycles. The SMILES string of the molecule is CCCCCCCCC1(CCCCCCCC)c2ccccc2-c2ccc(-c3cc(C)c(OC)cc3C)cc21. The lowest BCUT2D eigenvalue weighted by molar-refractivity contribution is 0.398. The van der Waals surface area contributed by atoms with Gasteiger partial charge >= 0.3 is 0 Å². The van der Waals surface area contributed by atoms with Crippen LogP contribution in [0.25, 0.3) is 22.3 Å². The first kappa shape index (κ1) is 29.4. The Morgan fingerprint density at radius 2 is 1.15 bits per heavy atom. The van der Waals surface area contributed by atoms with E-state index in [0.717, 1.165) is 5.75 Å². The van der Waals surface area contributed by atoms with Crippen LogP contribution in [0.15, 0.2) is 54.6 Å². The molecule has 0 saturated heterocycles. The predicted octanol–water partition coefficient (Wildman–Crippen LogP) is 11.7. The third-order valence-corrected chi connectivity index (χ3v) is 9.24. The molecule has 0 aromatic heterocycles. The molecule has 0 spiro atoms. The van der Waals surface area contributed by atoms with Crippen LogP contribution in [0.4, 0.5) is 0 Å². The molecular weight excluding hydrogens is 472 g/mol. The van der Waals surface area contributed by atoms with Gasteiger partial charge in [0.2, 0.25) is 0 Å². The van der Waals surface area contributed by atoms with E-state index in [-0.39, 0.29) is 5.41 Å². The number of fused-ring (bicyclic) bond motifs is 3. The van der Waals surface area contributed by atoms with E-state index in [2.05, 4.69) is 82.3 Å². The first-order valence-electron chi connectivity index (χ1n) is 16.0. The van der Waals surface area contributed by atoms with Crippen molar-refractivity contribution in [2.75, 3.05) is 7.11 Å². The minimum absolute atomic E-state index is 0.132. The molecule has 1 heteroatoms. The molecule has 0 unspecified atom stereocenters. The van der Waals surface area contributed by atoms with Crippen LogP contribution >= 0.6 is 0 Å². The monoisotopic (exact) mass is 524 g/mol. The van der Waals surface area contributed by atoms with Gasteiger partial charge in [0, 0.05) is 5.41 Å². The zero-order valence-electron chi connectivity index (χ0n) is 25.5. The van der Waals surface area contributed by atoms with Gasteiger partial charge in [0.05, 0.1) is 7.11 Å². The molecule has 0 saturated carbocycles. The maximum absolute atomic E-state index is 5.62. The van der Waals surface area contributed by atoms with Crippen molar-refractivity contribution in [2.45, 2.75) is 123 Å². The van der Waals surface area contributed by atoms with Crippen LogP contribution in [0.1, 0.15) is 126 Å². The number of methoxy groups -OCH3 is 1. The summed E-state index contributed by atoms with van der Waals surface area (Å²) < 4.78 is 5.62. The number of ether oxygens (including phenoxy) is 1. The van der Waals surface area contributed by atoms with E-state index in [0.29, 0.717) is 0 Å². The first-order chi connectivity index (χ1) is 19.1. The van der Waals surface area contributed by atoms with Gasteiger partial charge in [-0.15, -0.1) is 0 Å². The van der Waals surface area contributed by atoms with E-state index < -0.39 is 0 Å². The van der Waals surface area contributed by atoms with Crippen LogP contribution in [0.5, 0.6) is 5.75 Å². The summed E-state index contributed by atoms with van der Waals surface area (Å²) in [5.41, 5.74) is 11.4. The lowest BCUT2D eigenvalue weighted by atomic mass is 9.70. The lowest BCUT2D eigenvalue weighted by Crippen LogP contribution is -2.25. The number of hydrogen-bond donors (Lipinski definition) is 0. The van der Waals surface area contributed by atoms with Gasteiger partial charge in [-0.1, -0.05) is 127 Å². The highest BCUT2D eigenvalue weighted by Crippen LogP contribution is 2.55. The summed E-state index contributed by atoms with van der Waals surface area (Å²) in [6.45, 7) is 9.00. The quantitative estimate of drug-likeness (QED) is 0.169. The van der Waals surface area contributed by atoms with Gasteiger partial charge in [-0.05, 0) is 89.4 Å². The third-order valence-electron chi connectivity index (χ3n) is 9.24. The fraction of sp³-hybridized carbons (Fsp3) is 0.526. The molecular formula is C38H52O. The summed E-state index contributed by atoms with van der Waals surface area (Å²) in [6, 6.07) is 21.2. The molecule has 3 aromatic rings. The zero-order chi connectivity index (χ0) is 27.7. The minimum atomic E-state index is 0.132. The molecule has 0 atom stereocenters. The molecule has 0 radical (unpaired) electrons. The second-order valence-electron chi connectivity index (χ2n) is 12.1. The van der Waals surface area contributed by atoms with Crippen LogP contribution in [0.3, 0.4) is 0 Å². The highest BCUT2D eigenvalue weighted by Gasteiger charge is 2.42. The Kier molecular flexibility index (Phi) is 10.7. The standard InChI is InChI=1S/C38H52O/c1-6-8-10-12-14-18-24-38(25-19-15-13-11-9-7-2)35-21-17-16-20-32(35)33-23-22-31(28-36(33)38)34-26-30(4)37(39-5)27-29(34)3/h16-17,20-23,26-28H,6-15,18-19,24-25H2,1-5H3. The molecule has 210 valence electrons. The number of hydrogen-bond acceptors (Lipinski definition) is 1. The highest BCUT2D eigenvalue weighted by atomic mass is 16.5. The van der Waals surface area contributed by atoms with Gasteiger partial charge in [-0.25, -0.2) is 0 Å². The average Bonchev–Trinajstić information content (AvgIpc) is 3.22. The largest absolute Gasteiger partial charge is 0.496 e. The van der Waals surface area contributed by atoms with Crippen molar-refractivity contribution in [1.82, 2.24) is 0 Å². The Morgan fingerprint density at radius 3 is 1.79 bits per heavy atom. The van der Waals surface area contributed by atoms with E-state index in [1.807, 2.05) is 0 Å². The number of unbranched alkanes of at least 4 members (excludes halogenated alkanes) is 10. The van der Waals surface area contributed by atoms with Crippen LogP contribution < -0.4 is 4.74 Å². The third kappa shape index (κ3) is 6.62. The molecule has 1 aliphatic carbocycles. The Bertz CT molecular complexity index is 1190. The van der Waals surface area contributed by atoms with Crippen molar-refractivity contribution >= 4 is 0 Å². The van der Waals surface area contributed by atoms with E-state index in [4.69, 9.17) is 4.74 Å². The summed E-state index contributed by atoms with van der Waals surface area (Å²) in [6.07, 6.45) is 18.8. The maximum Gasteiger partial charge on any atom is 0.122 e. The summed E-state index contributed by atoms with van der Waals surface area (Å²) in [7, 11) is 1.77. The second kappa shape index (κ2) is 14.2. The Balaban J connectivity index is 1.71. The Morgan fingerprint density at radius 1 is 0.564 bits per heavy atom. The Hall–Kier alpha value is -2.54. The van der Waals surface area contributed by atoms with E-state index in [1.54, 1.807) is 18.2 Å². The van der Waals surface area contributed by atoms with E-state index in [1.165, 1.54) is 123 Å². The second-order valence-corrected chi connectivity index (χ2v) is 12.1. The Labute approximate surface area is 239 Å². The van der Waals surface area contributed by atoms with Crippen LogP contribution in [0.2, 0.25) is 0 Å². The molecule has 0 bridgehead atoms. The van der Waals surface area contributed by atoms with Gasteiger partial charge in [-0.2, -0.15) is 0 Å². The van der Waals surface area contributed by atoms with Crippen LogP contribution in [0, 0.1) is 13.8 Å². The topological polar surface area (TPSA) is 9.23 Å². The van der Waals surface area contributed by atoms with Gasteiger partial charge in [0.25, 0.3) is 0 Å².